The molecule has 4 nitrogen and oxygen atoms in total. The molecule has 0 aliphatic carbocycles. The number of hydrogen-bond acceptors (Lipinski definition) is 5. The summed E-state index contributed by atoms with van der Waals surface area (Å²) < 4.78 is 6.62. The summed E-state index contributed by atoms with van der Waals surface area (Å²) in [6, 6.07) is 2.00. The fourth-order valence-electron chi connectivity index (χ4n) is 1.48. The number of aromatic nitrogens is 2. The van der Waals surface area contributed by atoms with Gasteiger partial charge in [-0.3, -0.25) is 0 Å². The van der Waals surface area contributed by atoms with Crippen molar-refractivity contribution in [2.45, 2.75) is 13.8 Å². The van der Waals surface area contributed by atoms with Gasteiger partial charge in [-0.1, -0.05) is 13.8 Å². The molecule has 0 aromatic carbocycles. The summed E-state index contributed by atoms with van der Waals surface area (Å²) in [6.45, 7) is 6.58. The van der Waals surface area contributed by atoms with Crippen LogP contribution in [0.3, 0.4) is 0 Å². The van der Waals surface area contributed by atoms with Crippen LogP contribution in [-0.2, 0) is 4.74 Å². The van der Waals surface area contributed by atoms with Crippen LogP contribution in [0.2, 0.25) is 0 Å². The highest BCUT2D eigenvalue weighted by atomic mass is 32.1. The second-order valence-corrected chi connectivity index (χ2v) is 5.17. The van der Waals surface area contributed by atoms with E-state index in [0.29, 0.717) is 12.5 Å². The predicted octanol–water partition coefficient (Wildman–Crippen LogP) is 2.78. The van der Waals surface area contributed by atoms with Crippen LogP contribution in [-0.4, -0.2) is 29.7 Å². The van der Waals surface area contributed by atoms with Crippen LogP contribution in [0.15, 0.2) is 17.8 Å². The Bertz CT molecular complexity index is 469. The Balaban J connectivity index is 1.84. The first kappa shape index (κ1) is 12.3. The average Bonchev–Trinajstić information content (AvgIpc) is 2.77. The molecule has 0 aliphatic heterocycles. The maximum atomic E-state index is 5.51. The highest BCUT2D eigenvalue weighted by molar-refractivity contribution is 7.17. The fourth-order valence-corrected chi connectivity index (χ4v) is 2.29. The number of fused-ring (bicyclic) bond motifs is 1. The van der Waals surface area contributed by atoms with Gasteiger partial charge in [-0.2, -0.15) is 0 Å². The zero-order chi connectivity index (χ0) is 12.1. The van der Waals surface area contributed by atoms with Crippen molar-refractivity contribution in [3.05, 3.63) is 17.8 Å². The van der Waals surface area contributed by atoms with E-state index in [4.69, 9.17) is 4.74 Å². The second kappa shape index (κ2) is 5.93. The number of thiophene rings is 1. The van der Waals surface area contributed by atoms with Gasteiger partial charge in [0.05, 0.1) is 16.8 Å². The van der Waals surface area contributed by atoms with E-state index >= 15 is 0 Å². The third kappa shape index (κ3) is 3.38. The van der Waals surface area contributed by atoms with Gasteiger partial charge in [-0.25, -0.2) is 9.97 Å². The van der Waals surface area contributed by atoms with Crippen LogP contribution in [0, 0.1) is 5.92 Å². The summed E-state index contributed by atoms with van der Waals surface area (Å²) in [4.78, 5) is 8.44. The third-order valence-electron chi connectivity index (χ3n) is 2.23. The lowest BCUT2D eigenvalue weighted by molar-refractivity contribution is 0.118. The van der Waals surface area contributed by atoms with E-state index in [0.717, 1.165) is 29.2 Å². The van der Waals surface area contributed by atoms with E-state index in [9.17, 15) is 0 Å². The van der Waals surface area contributed by atoms with Gasteiger partial charge < -0.3 is 10.1 Å². The van der Waals surface area contributed by atoms with Crippen molar-refractivity contribution in [1.29, 1.82) is 0 Å². The lowest BCUT2D eigenvalue weighted by Gasteiger charge is -2.08. The molecule has 0 fully saturated rings. The number of nitrogens with zero attached hydrogens (tertiary/aromatic N) is 2. The average molecular weight is 251 g/mol. The molecule has 0 unspecified atom stereocenters. The molecule has 0 spiro atoms. The van der Waals surface area contributed by atoms with E-state index in [1.807, 2.05) is 11.4 Å². The summed E-state index contributed by atoms with van der Waals surface area (Å²) >= 11 is 1.65. The minimum absolute atomic E-state index is 0.582. The van der Waals surface area contributed by atoms with E-state index in [1.54, 1.807) is 17.7 Å². The SMILES string of the molecule is CC(C)COCCNc1ncnc2ccsc12. The van der Waals surface area contributed by atoms with Gasteiger partial charge in [0.2, 0.25) is 0 Å². The summed E-state index contributed by atoms with van der Waals surface area (Å²) in [6.07, 6.45) is 1.59. The van der Waals surface area contributed by atoms with Crippen LogP contribution in [0.25, 0.3) is 10.2 Å². The zero-order valence-electron chi connectivity index (χ0n) is 10.1. The van der Waals surface area contributed by atoms with Gasteiger partial charge in [0.1, 0.15) is 12.1 Å². The van der Waals surface area contributed by atoms with Gasteiger partial charge in [-0.15, -0.1) is 11.3 Å². The first-order valence-electron chi connectivity index (χ1n) is 5.77. The van der Waals surface area contributed by atoms with E-state index in [1.165, 1.54) is 0 Å². The molecule has 2 heterocycles. The molecule has 0 saturated carbocycles. The van der Waals surface area contributed by atoms with E-state index < -0.39 is 0 Å². The summed E-state index contributed by atoms with van der Waals surface area (Å²) in [5.41, 5.74) is 0.996. The molecule has 2 aromatic heterocycles. The van der Waals surface area contributed by atoms with Crippen molar-refractivity contribution in [2.75, 3.05) is 25.1 Å². The van der Waals surface area contributed by atoms with Gasteiger partial charge >= 0.3 is 0 Å². The predicted molar refractivity (Wildman–Crippen MR) is 71.6 cm³/mol. The van der Waals surface area contributed by atoms with Crippen LogP contribution in [0.4, 0.5) is 5.82 Å². The minimum atomic E-state index is 0.582. The first-order chi connectivity index (χ1) is 8.27. The van der Waals surface area contributed by atoms with Crippen LogP contribution in [0.1, 0.15) is 13.8 Å². The van der Waals surface area contributed by atoms with E-state index in [2.05, 4.69) is 29.1 Å². The molecule has 17 heavy (non-hydrogen) atoms. The Morgan fingerprint density at radius 1 is 1.41 bits per heavy atom. The van der Waals surface area contributed by atoms with Gasteiger partial charge in [0.25, 0.3) is 0 Å². The van der Waals surface area contributed by atoms with Crippen LogP contribution >= 0.6 is 11.3 Å². The molecule has 0 atom stereocenters. The normalized spacial score (nSPS) is 11.2. The maximum absolute atomic E-state index is 5.51. The highest BCUT2D eigenvalue weighted by Gasteiger charge is 2.03. The number of hydrogen-bond donors (Lipinski definition) is 1. The Morgan fingerprint density at radius 2 is 2.29 bits per heavy atom. The van der Waals surface area contributed by atoms with Crippen molar-refractivity contribution in [1.82, 2.24) is 9.97 Å². The Morgan fingerprint density at radius 3 is 3.12 bits per heavy atom. The lowest BCUT2D eigenvalue weighted by atomic mass is 10.2. The number of ether oxygens (including phenoxy) is 1. The molecule has 92 valence electrons. The third-order valence-corrected chi connectivity index (χ3v) is 3.14. The first-order valence-corrected chi connectivity index (χ1v) is 6.65. The quantitative estimate of drug-likeness (QED) is 0.802. The van der Waals surface area contributed by atoms with Crippen molar-refractivity contribution >= 4 is 27.4 Å². The summed E-state index contributed by atoms with van der Waals surface area (Å²) in [5, 5.41) is 5.31. The summed E-state index contributed by atoms with van der Waals surface area (Å²) in [7, 11) is 0. The smallest absolute Gasteiger partial charge is 0.147 e. The number of rotatable bonds is 6. The van der Waals surface area contributed by atoms with E-state index in [-0.39, 0.29) is 0 Å². The van der Waals surface area contributed by atoms with Crippen molar-refractivity contribution in [3.63, 3.8) is 0 Å². The topological polar surface area (TPSA) is 47.0 Å². The Labute approximate surface area is 105 Å². The van der Waals surface area contributed by atoms with Crippen LogP contribution in [0.5, 0.6) is 0 Å². The number of anilines is 1. The van der Waals surface area contributed by atoms with Crippen LogP contribution < -0.4 is 5.32 Å². The largest absolute Gasteiger partial charge is 0.379 e. The standard InChI is InChI=1S/C12H17N3OS/c1-9(2)7-16-5-4-13-12-11-10(3-6-17-11)14-8-15-12/h3,6,8-9H,4-5,7H2,1-2H3,(H,13,14,15). The molecule has 0 aliphatic rings. The highest BCUT2D eigenvalue weighted by Crippen LogP contribution is 2.24. The van der Waals surface area contributed by atoms with Gasteiger partial charge in [0.15, 0.2) is 0 Å². The fraction of sp³-hybridized carbons (Fsp3) is 0.500. The number of nitrogens with one attached hydrogen (secondary N) is 1. The molecular weight excluding hydrogens is 234 g/mol. The molecule has 5 heteroatoms. The second-order valence-electron chi connectivity index (χ2n) is 4.25. The van der Waals surface area contributed by atoms with Crippen molar-refractivity contribution < 1.29 is 4.74 Å². The molecule has 1 N–H and O–H groups in total. The minimum Gasteiger partial charge on any atom is -0.379 e. The lowest BCUT2D eigenvalue weighted by Crippen LogP contribution is -2.12. The molecule has 0 saturated heterocycles. The zero-order valence-corrected chi connectivity index (χ0v) is 11.0. The molecule has 0 bridgehead atoms. The van der Waals surface area contributed by atoms with Gasteiger partial charge in [-0.05, 0) is 17.4 Å². The Hall–Kier alpha value is -1.20. The molecule has 2 rings (SSSR count). The van der Waals surface area contributed by atoms with Gasteiger partial charge in [0, 0.05) is 13.2 Å². The maximum Gasteiger partial charge on any atom is 0.147 e. The monoisotopic (exact) mass is 251 g/mol. The molecule has 0 radical (unpaired) electrons. The molecule has 2 aromatic rings. The van der Waals surface area contributed by atoms with Crippen molar-refractivity contribution in [3.8, 4) is 0 Å². The molecule has 0 amide bonds. The van der Waals surface area contributed by atoms with Crippen molar-refractivity contribution in [2.24, 2.45) is 5.92 Å². The Kier molecular flexibility index (Phi) is 4.28. The summed E-state index contributed by atoms with van der Waals surface area (Å²) in [5.74, 6) is 1.48. The molecular formula is C12H17N3OS.